The molecule has 0 bridgehead atoms. The van der Waals surface area contributed by atoms with Gasteiger partial charge in [0.1, 0.15) is 47.0 Å². The summed E-state index contributed by atoms with van der Waals surface area (Å²) in [5, 5.41) is 39.1. The molecule has 0 fully saturated rings. The molecule has 2 aliphatic carbocycles. The Morgan fingerprint density at radius 1 is 0.433 bits per heavy atom. The molecule has 0 aliphatic heterocycles. The van der Waals surface area contributed by atoms with E-state index in [1.54, 1.807) is 0 Å². The predicted octanol–water partition coefficient (Wildman–Crippen LogP) is 11.6. The Morgan fingerprint density at radius 2 is 0.733 bits per heavy atom. The van der Waals surface area contributed by atoms with Crippen molar-refractivity contribution >= 4 is 22.3 Å². The average molecular weight is 849 g/mol. The van der Waals surface area contributed by atoms with Gasteiger partial charge in [0.2, 0.25) is 0 Å². The molecule has 2 aliphatic rings. The molecule has 4 aromatic rings. The highest BCUT2D eigenvalue weighted by molar-refractivity contribution is 6.12. The molecule has 0 radical (unpaired) electrons. The fraction of sp³-hybridized carbons (Fsp3) is 0.0500. The van der Waals surface area contributed by atoms with Crippen molar-refractivity contribution < 1.29 is 70.2 Å². The summed E-state index contributed by atoms with van der Waals surface area (Å²) in [7, 11) is 0. The van der Waals surface area contributed by atoms with Crippen LogP contribution >= 0.6 is 0 Å². The van der Waals surface area contributed by atoms with E-state index < -0.39 is 160 Å². The lowest BCUT2D eigenvalue weighted by molar-refractivity contribution is -0.144. The van der Waals surface area contributed by atoms with Gasteiger partial charge in [0.25, 0.3) is 0 Å². The number of benzene rings is 4. The number of hydrogen-bond acceptors (Lipinski definition) is 4. The first-order valence-corrected chi connectivity index (χ1v) is 15.8. The standard InChI is InChI=1S/C40H8F16N4/c41-23-5-13(1-3-15(23)9-57)17-7-19-20(25(17)21(11-59)27-31(43)35(47)29(39(51,52)53)36(48)32(27)44)8-18(14-2-4-16(10-58)24(42)6-14)26(19)22(12-60)28-33(45)37(49)30(40(54,55)56)38(50)34(28)46/h1-8H/b25-21-,26-22-. The summed E-state index contributed by atoms with van der Waals surface area (Å²) in [6.45, 7) is 0. The second kappa shape index (κ2) is 14.7. The Kier molecular flexibility index (Phi) is 10.3. The summed E-state index contributed by atoms with van der Waals surface area (Å²) in [5.41, 5.74) is -21.1. The van der Waals surface area contributed by atoms with E-state index >= 15 is 26.3 Å². The third kappa shape index (κ3) is 6.43. The largest absolute Gasteiger partial charge is 0.422 e. The van der Waals surface area contributed by atoms with Crippen molar-refractivity contribution in [3.05, 3.63) is 174 Å². The van der Waals surface area contributed by atoms with Crippen LogP contribution in [0.5, 0.6) is 0 Å². The molecular weight excluding hydrogens is 840 g/mol. The van der Waals surface area contributed by atoms with Gasteiger partial charge in [0, 0.05) is 11.1 Å². The quantitative estimate of drug-likeness (QED) is 0.116. The number of nitriles is 4. The van der Waals surface area contributed by atoms with Gasteiger partial charge in [-0.05, 0) is 69.8 Å². The van der Waals surface area contributed by atoms with E-state index in [1.165, 1.54) is 12.1 Å². The van der Waals surface area contributed by atoms with E-state index in [0.29, 0.717) is 24.3 Å². The molecule has 0 atom stereocenters. The van der Waals surface area contributed by atoms with E-state index in [-0.39, 0.29) is 0 Å². The smallest absolute Gasteiger partial charge is 0.206 e. The van der Waals surface area contributed by atoms with Crippen LogP contribution in [0.1, 0.15) is 44.5 Å². The maximum absolute atomic E-state index is 15.6. The molecule has 0 N–H and O–H groups in total. The lowest BCUT2D eigenvalue weighted by Gasteiger charge is -2.17. The minimum Gasteiger partial charge on any atom is -0.206 e. The van der Waals surface area contributed by atoms with Gasteiger partial charge in [0.05, 0.1) is 33.4 Å². The molecule has 0 spiro atoms. The Labute approximate surface area is 323 Å². The van der Waals surface area contributed by atoms with Gasteiger partial charge in [-0.3, -0.25) is 0 Å². The van der Waals surface area contributed by atoms with Crippen LogP contribution in [0.3, 0.4) is 0 Å². The van der Waals surface area contributed by atoms with Crippen LogP contribution in [0.4, 0.5) is 70.2 Å². The van der Waals surface area contributed by atoms with Crippen LogP contribution in [0.25, 0.3) is 22.3 Å². The topological polar surface area (TPSA) is 95.2 Å². The first-order valence-electron chi connectivity index (χ1n) is 15.8. The summed E-state index contributed by atoms with van der Waals surface area (Å²) in [5.74, 6) is -26.3. The van der Waals surface area contributed by atoms with Crippen molar-refractivity contribution in [2.45, 2.75) is 12.4 Å². The Hall–Kier alpha value is -7.58. The molecule has 0 saturated carbocycles. The van der Waals surface area contributed by atoms with Gasteiger partial charge in [-0.25, -0.2) is 43.9 Å². The second-order valence-electron chi connectivity index (χ2n) is 12.3. The molecule has 0 unspecified atom stereocenters. The Balaban J connectivity index is 1.84. The summed E-state index contributed by atoms with van der Waals surface area (Å²) in [6, 6.07) is 9.50. The molecule has 60 heavy (non-hydrogen) atoms. The third-order valence-corrected chi connectivity index (χ3v) is 9.06. The molecule has 300 valence electrons. The predicted molar refractivity (Wildman–Crippen MR) is 173 cm³/mol. The van der Waals surface area contributed by atoms with Gasteiger partial charge >= 0.3 is 12.4 Å². The van der Waals surface area contributed by atoms with Crippen molar-refractivity contribution in [1.82, 2.24) is 0 Å². The normalized spacial score (nSPS) is 15.5. The number of hydrogen-bond donors (Lipinski definition) is 0. The highest BCUT2D eigenvalue weighted by Crippen LogP contribution is 2.55. The van der Waals surface area contributed by atoms with Gasteiger partial charge in [-0.2, -0.15) is 47.4 Å². The fourth-order valence-electron chi connectivity index (χ4n) is 6.51. The first kappa shape index (κ1) is 42.0. The number of halogens is 16. The average Bonchev–Trinajstić information content (AvgIpc) is 3.72. The van der Waals surface area contributed by atoms with E-state index in [9.17, 15) is 65.0 Å². The lowest BCUT2D eigenvalue weighted by atomic mass is 9.86. The van der Waals surface area contributed by atoms with E-state index in [2.05, 4.69) is 0 Å². The Bertz CT molecular complexity index is 2730. The number of allylic oxidation sites excluding steroid dienone is 10. The SMILES string of the molecule is N#C/C(=C1\C(c2ccc(C#N)c(F)c2)=CC2=C1C=C(c1ccc(C#N)c(F)c1)/C2=C(\C#N)c1c(F)c(F)c(C(F)(F)F)c(F)c1F)c1c(F)c(F)c(C(F)(F)F)c(F)c1F. The minimum atomic E-state index is -6.07. The molecule has 20 heteroatoms. The molecule has 4 nitrogen and oxygen atoms in total. The zero-order valence-corrected chi connectivity index (χ0v) is 28.5. The van der Waals surface area contributed by atoms with Crippen molar-refractivity contribution in [2.75, 3.05) is 0 Å². The van der Waals surface area contributed by atoms with Gasteiger partial charge < -0.3 is 0 Å². The molecule has 0 heterocycles. The highest BCUT2D eigenvalue weighted by Gasteiger charge is 2.46. The second-order valence-corrected chi connectivity index (χ2v) is 12.3. The summed E-state index contributed by atoms with van der Waals surface area (Å²) in [6.07, 6.45) is -10.8. The van der Waals surface area contributed by atoms with Gasteiger partial charge in [0.15, 0.2) is 46.5 Å². The maximum atomic E-state index is 15.6. The molecule has 6 rings (SSSR count). The lowest BCUT2D eigenvalue weighted by Crippen LogP contribution is -2.17. The van der Waals surface area contributed by atoms with Crippen molar-refractivity contribution in [2.24, 2.45) is 0 Å². The summed E-state index contributed by atoms with van der Waals surface area (Å²) in [4.78, 5) is 0. The van der Waals surface area contributed by atoms with E-state index in [1.807, 2.05) is 0 Å². The fourth-order valence-corrected chi connectivity index (χ4v) is 6.51. The number of nitrogens with zero attached hydrogens (tertiary/aromatic N) is 4. The van der Waals surface area contributed by atoms with E-state index in [0.717, 1.165) is 36.4 Å². The van der Waals surface area contributed by atoms with Crippen LogP contribution in [0.2, 0.25) is 0 Å². The van der Waals surface area contributed by atoms with Crippen LogP contribution in [-0.4, -0.2) is 0 Å². The monoisotopic (exact) mass is 848 g/mol. The number of rotatable bonds is 4. The third-order valence-electron chi connectivity index (χ3n) is 9.06. The van der Waals surface area contributed by atoms with Crippen LogP contribution in [0, 0.1) is 103 Å². The molecule has 0 saturated heterocycles. The van der Waals surface area contributed by atoms with Crippen LogP contribution < -0.4 is 0 Å². The van der Waals surface area contributed by atoms with Crippen molar-refractivity contribution in [3.8, 4) is 24.3 Å². The summed E-state index contributed by atoms with van der Waals surface area (Å²) >= 11 is 0. The summed E-state index contributed by atoms with van der Waals surface area (Å²) < 4.78 is 233. The Morgan fingerprint density at radius 3 is 0.967 bits per heavy atom. The van der Waals surface area contributed by atoms with Crippen LogP contribution in [-0.2, 0) is 12.4 Å². The minimum absolute atomic E-state index is 0.511. The molecule has 0 amide bonds. The molecular formula is C40H8F16N4. The zero-order valence-electron chi connectivity index (χ0n) is 28.5. The highest BCUT2D eigenvalue weighted by atomic mass is 19.4. The molecule has 4 aromatic carbocycles. The van der Waals surface area contributed by atoms with Crippen LogP contribution in [0.15, 0.2) is 70.8 Å². The first-order chi connectivity index (χ1) is 28.0. The van der Waals surface area contributed by atoms with Crippen molar-refractivity contribution in [1.29, 1.82) is 21.0 Å². The van der Waals surface area contributed by atoms with Gasteiger partial charge in [-0.15, -0.1) is 0 Å². The maximum Gasteiger partial charge on any atom is 0.422 e. The number of alkyl halides is 6. The zero-order chi connectivity index (χ0) is 44.5. The van der Waals surface area contributed by atoms with Crippen molar-refractivity contribution in [3.63, 3.8) is 0 Å². The van der Waals surface area contributed by atoms with Gasteiger partial charge in [-0.1, -0.05) is 12.1 Å². The van der Waals surface area contributed by atoms with E-state index in [4.69, 9.17) is 0 Å². The molecule has 0 aromatic heterocycles.